The number of sulfonamides is 1. The molecular formula is C21H23BrN2O5S. The highest BCUT2D eigenvalue weighted by atomic mass is 79.9. The Hall–Kier alpha value is -2.23. The van der Waals surface area contributed by atoms with Crippen molar-refractivity contribution in [2.45, 2.75) is 30.6 Å². The van der Waals surface area contributed by atoms with E-state index in [1.807, 2.05) is 0 Å². The van der Waals surface area contributed by atoms with Crippen LogP contribution in [0.15, 0.2) is 57.9 Å². The molecule has 0 spiro atoms. The number of carbonyl (C=O) groups excluding carboxylic acids is 2. The third kappa shape index (κ3) is 5.90. The van der Waals surface area contributed by atoms with Crippen molar-refractivity contribution in [3.8, 4) is 0 Å². The predicted molar refractivity (Wildman–Crippen MR) is 117 cm³/mol. The monoisotopic (exact) mass is 494 g/mol. The molecule has 0 aliphatic carbocycles. The first kappa shape index (κ1) is 22.5. The molecule has 30 heavy (non-hydrogen) atoms. The van der Waals surface area contributed by atoms with E-state index in [-0.39, 0.29) is 4.90 Å². The van der Waals surface area contributed by atoms with E-state index in [0.29, 0.717) is 24.3 Å². The summed E-state index contributed by atoms with van der Waals surface area (Å²) in [5.41, 5.74) is 0.659. The van der Waals surface area contributed by atoms with Crippen LogP contribution in [0, 0.1) is 0 Å². The van der Waals surface area contributed by atoms with Gasteiger partial charge in [-0.2, -0.15) is 4.31 Å². The van der Waals surface area contributed by atoms with Crippen LogP contribution in [-0.4, -0.2) is 44.3 Å². The highest BCUT2D eigenvalue weighted by molar-refractivity contribution is 9.10. The Bertz CT molecular complexity index is 1000. The second kappa shape index (κ2) is 10.2. The lowest BCUT2D eigenvalue weighted by atomic mass is 10.2. The summed E-state index contributed by atoms with van der Waals surface area (Å²) in [6, 6.07) is 12.7. The molecule has 2 aromatic rings. The number of hydrogen-bond donors (Lipinski definition) is 1. The van der Waals surface area contributed by atoms with Gasteiger partial charge in [-0.1, -0.05) is 34.8 Å². The molecule has 0 radical (unpaired) electrons. The van der Waals surface area contributed by atoms with Crippen LogP contribution in [0.1, 0.15) is 36.0 Å². The average Bonchev–Trinajstić information content (AvgIpc) is 3.03. The number of hydrogen-bond acceptors (Lipinski definition) is 5. The molecule has 1 aliphatic rings. The van der Waals surface area contributed by atoms with E-state index in [1.165, 1.54) is 16.4 Å². The van der Waals surface area contributed by atoms with E-state index in [9.17, 15) is 18.0 Å². The molecule has 7 nitrogen and oxygen atoms in total. The van der Waals surface area contributed by atoms with Crippen molar-refractivity contribution in [1.29, 1.82) is 0 Å². The standard InChI is InChI=1S/C21H23BrN2O5S/c22-17-10-8-16(9-11-17)21(26)29-15-20(25)23-18-6-5-7-19(14-18)30(27,28)24-12-3-1-2-4-13-24/h5-11,14H,1-4,12-13,15H2,(H,23,25). The van der Waals surface area contributed by atoms with Crippen LogP contribution in [0.3, 0.4) is 0 Å². The predicted octanol–water partition coefficient (Wildman–Crippen LogP) is 3.81. The van der Waals surface area contributed by atoms with Crippen molar-refractivity contribution in [3.63, 3.8) is 0 Å². The molecule has 1 saturated heterocycles. The van der Waals surface area contributed by atoms with Crippen molar-refractivity contribution >= 4 is 43.5 Å². The van der Waals surface area contributed by atoms with E-state index < -0.39 is 28.5 Å². The normalized spacial score (nSPS) is 15.2. The number of halogens is 1. The number of benzene rings is 2. The molecule has 1 amide bonds. The molecule has 9 heteroatoms. The molecular weight excluding hydrogens is 472 g/mol. The van der Waals surface area contributed by atoms with Gasteiger partial charge >= 0.3 is 5.97 Å². The van der Waals surface area contributed by atoms with Gasteiger partial charge in [0.2, 0.25) is 10.0 Å². The molecule has 160 valence electrons. The maximum atomic E-state index is 12.9. The minimum atomic E-state index is -3.62. The zero-order valence-corrected chi connectivity index (χ0v) is 18.7. The Kier molecular flexibility index (Phi) is 7.63. The van der Waals surface area contributed by atoms with Crippen LogP contribution >= 0.6 is 15.9 Å². The number of carbonyl (C=O) groups is 2. The summed E-state index contributed by atoms with van der Waals surface area (Å²) in [5, 5.41) is 2.58. The van der Waals surface area contributed by atoms with Crippen LogP contribution in [0.25, 0.3) is 0 Å². The number of rotatable bonds is 6. The first-order chi connectivity index (χ1) is 14.4. The summed E-state index contributed by atoms with van der Waals surface area (Å²) in [6.45, 7) is 0.536. The number of amides is 1. The zero-order valence-electron chi connectivity index (χ0n) is 16.3. The molecule has 0 aromatic heterocycles. The van der Waals surface area contributed by atoms with Crippen LogP contribution < -0.4 is 5.32 Å². The number of nitrogens with zero attached hydrogens (tertiary/aromatic N) is 1. The van der Waals surface area contributed by atoms with Gasteiger partial charge in [-0.25, -0.2) is 13.2 Å². The third-order valence-corrected chi connectivity index (χ3v) is 7.16. The Morgan fingerprint density at radius 2 is 1.67 bits per heavy atom. The summed E-state index contributed by atoms with van der Waals surface area (Å²) >= 11 is 3.28. The molecule has 0 saturated carbocycles. The van der Waals surface area contributed by atoms with Gasteiger partial charge < -0.3 is 10.1 Å². The molecule has 1 fully saturated rings. The molecule has 3 rings (SSSR count). The van der Waals surface area contributed by atoms with Gasteiger partial charge in [0.1, 0.15) is 0 Å². The lowest BCUT2D eigenvalue weighted by molar-refractivity contribution is -0.119. The van der Waals surface area contributed by atoms with Gasteiger partial charge in [-0.15, -0.1) is 0 Å². The Morgan fingerprint density at radius 3 is 2.33 bits per heavy atom. The van der Waals surface area contributed by atoms with Crippen LogP contribution in [0.4, 0.5) is 5.69 Å². The lowest BCUT2D eigenvalue weighted by Gasteiger charge is -2.20. The van der Waals surface area contributed by atoms with Crippen molar-refractivity contribution < 1.29 is 22.7 Å². The second-order valence-corrected chi connectivity index (χ2v) is 9.83. The molecule has 0 atom stereocenters. The van der Waals surface area contributed by atoms with Crippen LogP contribution in [0.2, 0.25) is 0 Å². The average molecular weight is 495 g/mol. The summed E-state index contributed by atoms with van der Waals surface area (Å²) < 4.78 is 33.2. The van der Waals surface area contributed by atoms with Gasteiger partial charge in [0, 0.05) is 23.2 Å². The Morgan fingerprint density at radius 1 is 1.00 bits per heavy atom. The molecule has 1 heterocycles. The minimum absolute atomic E-state index is 0.133. The third-order valence-electron chi connectivity index (χ3n) is 4.73. The minimum Gasteiger partial charge on any atom is -0.452 e. The van der Waals surface area contributed by atoms with E-state index in [1.54, 1.807) is 36.4 Å². The Labute approximate surface area is 184 Å². The number of esters is 1. The van der Waals surface area contributed by atoms with Gasteiger partial charge in [-0.3, -0.25) is 4.79 Å². The topological polar surface area (TPSA) is 92.8 Å². The summed E-state index contributed by atoms with van der Waals surface area (Å²) in [6.07, 6.45) is 3.75. The summed E-state index contributed by atoms with van der Waals surface area (Å²) in [5.74, 6) is -1.17. The summed E-state index contributed by atoms with van der Waals surface area (Å²) in [4.78, 5) is 24.3. The van der Waals surface area contributed by atoms with Crippen molar-refractivity contribution in [2.24, 2.45) is 0 Å². The number of ether oxygens (including phenoxy) is 1. The quantitative estimate of drug-likeness (QED) is 0.616. The molecule has 2 aromatic carbocycles. The fourth-order valence-electron chi connectivity index (χ4n) is 3.16. The molecule has 0 bridgehead atoms. The lowest BCUT2D eigenvalue weighted by Crippen LogP contribution is -2.32. The number of nitrogens with one attached hydrogen (secondary N) is 1. The first-order valence-corrected chi connectivity index (χ1v) is 11.9. The number of anilines is 1. The van der Waals surface area contributed by atoms with E-state index in [4.69, 9.17) is 4.74 Å². The highest BCUT2D eigenvalue weighted by Crippen LogP contribution is 2.22. The van der Waals surface area contributed by atoms with Crippen molar-refractivity contribution in [3.05, 3.63) is 58.6 Å². The fraction of sp³-hybridized carbons (Fsp3) is 0.333. The van der Waals surface area contributed by atoms with Gasteiger partial charge in [-0.05, 0) is 55.3 Å². The molecule has 0 unspecified atom stereocenters. The van der Waals surface area contributed by atoms with Gasteiger partial charge in [0.05, 0.1) is 10.5 Å². The smallest absolute Gasteiger partial charge is 0.338 e. The molecule has 1 aliphatic heterocycles. The van der Waals surface area contributed by atoms with Crippen molar-refractivity contribution in [1.82, 2.24) is 4.31 Å². The molecule has 1 N–H and O–H groups in total. The fourth-order valence-corrected chi connectivity index (χ4v) is 4.99. The maximum absolute atomic E-state index is 12.9. The largest absolute Gasteiger partial charge is 0.452 e. The van der Waals surface area contributed by atoms with E-state index in [2.05, 4.69) is 21.2 Å². The summed E-state index contributed by atoms with van der Waals surface area (Å²) in [7, 11) is -3.62. The second-order valence-electron chi connectivity index (χ2n) is 6.98. The maximum Gasteiger partial charge on any atom is 0.338 e. The Balaban J connectivity index is 1.61. The van der Waals surface area contributed by atoms with Crippen LogP contribution in [0.5, 0.6) is 0 Å². The van der Waals surface area contributed by atoms with E-state index >= 15 is 0 Å². The van der Waals surface area contributed by atoms with Crippen LogP contribution in [-0.2, 0) is 19.6 Å². The first-order valence-electron chi connectivity index (χ1n) is 9.69. The van der Waals surface area contributed by atoms with Gasteiger partial charge in [0.15, 0.2) is 6.61 Å². The van der Waals surface area contributed by atoms with Crippen molar-refractivity contribution in [2.75, 3.05) is 25.0 Å². The van der Waals surface area contributed by atoms with Gasteiger partial charge in [0.25, 0.3) is 5.91 Å². The zero-order chi connectivity index (χ0) is 21.6. The highest BCUT2D eigenvalue weighted by Gasteiger charge is 2.25. The SMILES string of the molecule is O=C(COC(=O)c1ccc(Br)cc1)Nc1cccc(S(=O)(=O)N2CCCCCC2)c1. The van der Waals surface area contributed by atoms with E-state index in [0.717, 1.165) is 30.2 Å².